The van der Waals surface area contributed by atoms with Gasteiger partial charge in [0.15, 0.2) is 0 Å². The van der Waals surface area contributed by atoms with Crippen LogP contribution < -0.4 is 9.47 Å². The summed E-state index contributed by atoms with van der Waals surface area (Å²) in [6.07, 6.45) is 12.0. The fraction of sp³-hybridized carbons (Fsp3) is 0.412. The van der Waals surface area contributed by atoms with Crippen molar-refractivity contribution in [3.63, 3.8) is 0 Å². The second-order valence-corrected chi connectivity index (χ2v) is 10.3. The van der Waals surface area contributed by atoms with Crippen molar-refractivity contribution in [2.45, 2.75) is 71.6 Å². The van der Waals surface area contributed by atoms with Crippen LogP contribution in [0.25, 0.3) is 0 Å². The number of ether oxygens (including phenoxy) is 2. The van der Waals surface area contributed by atoms with E-state index in [-0.39, 0.29) is 5.41 Å². The van der Waals surface area contributed by atoms with Gasteiger partial charge in [0.05, 0.1) is 13.2 Å². The molecule has 0 saturated heterocycles. The predicted octanol–water partition coefficient (Wildman–Crippen LogP) is 8.54. The number of rotatable bonds is 13. The molecule has 0 radical (unpaired) electrons. The largest absolute Gasteiger partial charge is 0.493 e. The fourth-order valence-electron chi connectivity index (χ4n) is 5.55. The Morgan fingerprint density at radius 3 is 2.47 bits per heavy atom. The van der Waals surface area contributed by atoms with Crippen molar-refractivity contribution in [3.8, 4) is 11.5 Å². The van der Waals surface area contributed by atoms with E-state index in [2.05, 4.69) is 93.2 Å². The Labute approximate surface area is 218 Å². The SMILES string of the molecule is C=CC1(CCC)CCc2ccc(OCCCOc3ccc(Cc4ccccc4)cc3CCC)cc2C1. The molecule has 4 rings (SSSR count). The topological polar surface area (TPSA) is 18.5 Å². The normalized spacial score (nSPS) is 16.8. The lowest BCUT2D eigenvalue weighted by Gasteiger charge is -2.35. The zero-order valence-electron chi connectivity index (χ0n) is 22.2. The summed E-state index contributed by atoms with van der Waals surface area (Å²) in [6.45, 7) is 9.98. The molecule has 1 atom stereocenters. The Morgan fingerprint density at radius 1 is 0.861 bits per heavy atom. The Bertz CT molecular complexity index is 1120. The average Bonchev–Trinajstić information content (AvgIpc) is 2.90. The Balaban J connectivity index is 1.28. The van der Waals surface area contributed by atoms with Gasteiger partial charge in [0.25, 0.3) is 0 Å². The van der Waals surface area contributed by atoms with E-state index in [9.17, 15) is 0 Å². The van der Waals surface area contributed by atoms with Gasteiger partial charge in [0.2, 0.25) is 0 Å². The molecular weight excluding hydrogens is 440 g/mol. The molecule has 0 aromatic heterocycles. The first-order valence-electron chi connectivity index (χ1n) is 13.8. The third kappa shape index (κ3) is 6.81. The highest BCUT2D eigenvalue weighted by atomic mass is 16.5. The third-order valence-electron chi connectivity index (χ3n) is 7.50. The molecule has 0 bridgehead atoms. The molecule has 0 N–H and O–H groups in total. The first-order chi connectivity index (χ1) is 17.6. The standard InChI is InChI=1S/C34H42O2/c1-4-11-30-24-28(23-27-12-8-7-9-13-27)14-17-33(30)36-22-10-21-35-32-16-15-29-18-20-34(6-3,19-5-2)26-31(29)25-32/h6-9,12-17,24-25H,3-5,10-11,18-23,26H2,1-2H3. The van der Waals surface area contributed by atoms with Crippen LogP contribution in [0.2, 0.25) is 0 Å². The van der Waals surface area contributed by atoms with E-state index in [1.54, 1.807) is 0 Å². The van der Waals surface area contributed by atoms with Crippen molar-refractivity contribution in [1.29, 1.82) is 0 Å². The van der Waals surface area contributed by atoms with Crippen LogP contribution in [0, 0.1) is 5.41 Å². The Hall–Kier alpha value is -3.00. The second-order valence-electron chi connectivity index (χ2n) is 10.3. The Morgan fingerprint density at radius 2 is 1.69 bits per heavy atom. The van der Waals surface area contributed by atoms with E-state index in [1.807, 2.05) is 0 Å². The van der Waals surface area contributed by atoms with Crippen LogP contribution in [-0.4, -0.2) is 13.2 Å². The monoisotopic (exact) mass is 482 g/mol. The minimum Gasteiger partial charge on any atom is -0.493 e. The number of allylic oxidation sites excluding steroid dienone is 1. The van der Waals surface area contributed by atoms with Gasteiger partial charge < -0.3 is 9.47 Å². The minimum atomic E-state index is 0.251. The van der Waals surface area contributed by atoms with Gasteiger partial charge in [-0.1, -0.05) is 81.3 Å². The van der Waals surface area contributed by atoms with Crippen molar-refractivity contribution >= 4 is 0 Å². The van der Waals surface area contributed by atoms with Gasteiger partial charge in [-0.25, -0.2) is 0 Å². The van der Waals surface area contributed by atoms with E-state index in [0.717, 1.165) is 50.0 Å². The van der Waals surface area contributed by atoms with Crippen LogP contribution in [-0.2, 0) is 25.7 Å². The summed E-state index contributed by atoms with van der Waals surface area (Å²) in [5.74, 6) is 1.99. The van der Waals surface area contributed by atoms with Gasteiger partial charge in [-0.05, 0) is 90.0 Å². The summed E-state index contributed by atoms with van der Waals surface area (Å²) in [7, 11) is 0. The van der Waals surface area contributed by atoms with Gasteiger partial charge in [0, 0.05) is 6.42 Å². The highest BCUT2D eigenvalue weighted by Gasteiger charge is 2.30. The quantitative estimate of drug-likeness (QED) is 0.179. The van der Waals surface area contributed by atoms with Crippen molar-refractivity contribution in [2.24, 2.45) is 5.41 Å². The predicted molar refractivity (Wildman–Crippen MR) is 151 cm³/mol. The lowest BCUT2D eigenvalue weighted by atomic mass is 9.69. The molecule has 3 aromatic rings. The van der Waals surface area contributed by atoms with E-state index >= 15 is 0 Å². The fourth-order valence-corrected chi connectivity index (χ4v) is 5.55. The minimum absolute atomic E-state index is 0.251. The first-order valence-corrected chi connectivity index (χ1v) is 13.8. The van der Waals surface area contributed by atoms with E-state index in [0.29, 0.717) is 13.2 Å². The van der Waals surface area contributed by atoms with Crippen molar-refractivity contribution in [1.82, 2.24) is 0 Å². The number of benzene rings is 3. The molecule has 1 aliphatic rings. The molecule has 1 aliphatic carbocycles. The van der Waals surface area contributed by atoms with E-state index in [4.69, 9.17) is 9.47 Å². The van der Waals surface area contributed by atoms with Crippen LogP contribution >= 0.6 is 0 Å². The molecular formula is C34H42O2. The number of hydrogen-bond donors (Lipinski definition) is 0. The highest BCUT2D eigenvalue weighted by molar-refractivity contribution is 5.40. The zero-order valence-corrected chi connectivity index (χ0v) is 22.2. The summed E-state index contributed by atoms with van der Waals surface area (Å²) in [4.78, 5) is 0. The van der Waals surface area contributed by atoms with E-state index < -0.39 is 0 Å². The lowest BCUT2D eigenvalue weighted by Crippen LogP contribution is -2.26. The lowest BCUT2D eigenvalue weighted by molar-refractivity contribution is 0.245. The molecule has 36 heavy (non-hydrogen) atoms. The molecule has 0 spiro atoms. The number of hydrogen-bond acceptors (Lipinski definition) is 2. The van der Waals surface area contributed by atoms with Crippen molar-refractivity contribution in [2.75, 3.05) is 13.2 Å². The maximum Gasteiger partial charge on any atom is 0.122 e. The summed E-state index contributed by atoms with van der Waals surface area (Å²) < 4.78 is 12.3. The Kier molecular flexibility index (Phi) is 9.28. The summed E-state index contributed by atoms with van der Waals surface area (Å²) in [5, 5.41) is 0. The van der Waals surface area contributed by atoms with Crippen LogP contribution in [0.5, 0.6) is 11.5 Å². The van der Waals surface area contributed by atoms with Gasteiger partial charge in [-0.15, -0.1) is 6.58 Å². The summed E-state index contributed by atoms with van der Waals surface area (Å²) >= 11 is 0. The molecule has 190 valence electrons. The molecule has 0 fully saturated rings. The van der Waals surface area contributed by atoms with Gasteiger partial charge in [-0.2, -0.15) is 0 Å². The molecule has 0 saturated carbocycles. The molecule has 0 aliphatic heterocycles. The summed E-state index contributed by atoms with van der Waals surface area (Å²) in [5.41, 5.74) is 7.14. The van der Waals surface area contributed by atoms with Crippen LogP contribution in [0.1, 0.15) is 73.8 Å². The van der Waals surface area contributed by atoms with Gasteiger partial charge >= 0.3 is 0 Å². The highest BCUT2D eigenvalue weighted by Crippen LogP contribution is 2.41. The number of fused-ring (bicyclic) bond motifs is 1. The first kappa shape index (κ1) is 26.1. The average molecular weight is 483 g/mol. The maximum absolute atomic E-state index is 6.20. The van der Waals surface area contributed by atoms with Crippen LogP contribution in [0.15, 0.2) is 79.4 Å². The van der Waals surface area contributed by atoms with Crippen molar-refractivity contribution < 1.29 is 9.47 Å². The van der Waals surface area contributed by atoms with Gasteiger partial charge in [0.1, 0.15) is 11.5 Å². The summed E-state index contributed by atoms with van der Waals surface area (Å²) in [6, 6.07) is 24.0. The van der Waals surface area contributed by atoms with Gasteiger partial charge in [-0.3, -0.25) is 0 Å². The molecule has 0 amide bonds. The molecule has 2 nitrogen and oxygen atoms in total. The molecule has 1 unspecified atom stereocenters. The molecule has 0 heterocycles. The maximum atomic E-state index is 6.20. The smallest absolute Gasteiger partial charge is 0.122 e. The number of aryl methyl sites for hydroxylation is 2. The van der Waals surface area contributed by atoms with Crippen molar-refractivity contribution in [3.05, 3.63) is 107 Å². The molecule has 3 aromatic carbocycles. The molecule has 2 heteroatoms. The van der Waals surface area contributed by atoms with Crippen LogP contribution in [0.3, 0.4) is 0 Å². The third-order valence-corrected chi connectivity index (χ3v) is 7.50. The van der Waals surface area contributed by atoms with E-state index in [1.165, 1.54) is 47.1 Å². The second kappa shape index (κ2) is 12.8. The van der Waals surface area contributed by atoms with Crippen LogP contribution in [0.4, 0.5) is 0 Å². The zero-order chi connectivity index (χ0) is 25.2.